The fourth-order valence-electron chi connectivity index (χ4n) is 3.03. The zero-order chi connectivity index (χ0) is 19.7. The SMILES string of the molecule is CN1C(=O)c2ccccc2Sc2ccc(C(=O)NCc3ccc(I)cc3)cc21. The molecule has 1 aliphatic rings. The van der Waals surface area contributed by atoms with Crippen molar-refractivity contribution < 1.29 is 9.59 Å². The lowest BCUT2D eigenvalue weighted by Gasteiger charge is -2.18. The topological polar surface area (TPSA) is 49.4 Å². The number of anilines is 1. The highest BCUT2D eigenvalue weighted by Crippen LogP contribution is 2.41. The first-order valence-electron chi connectivity index (χ1n) is 8.74. The van der Waals surface area contributed by atoms with Crippen molar-refractivity contribution >= 4 is 51.9 Å². The van der Waals surface area contributed by atoms with Gasteiger partial charge in [0.05, 0.1) is 11.3 Å². The highest BCUT2D eigenvalue weighted by Gasteiger charge is 2.25. The molecule has 0 saturated carbocycles. The van der Waals surface area contributed by atoms with Crippen LogP contribution in [-0.2, 0) is 6.54 Å². The van der Waals surface area contributed by atoms with E-state index >= 15 is 0 Å². The van der Waals surface area contributed by atoms with E-state index in [2.05, 4.69) is 27.9 Å². The van der Waals surface area contributed by atoms with Gasteiger partial charge in [0, 0.05) is 32.5 Å². The van der Waals surface area contributed by atoms with E-state index in [0.29, 0.717) is 17.7 Å². The van der Waals surface area contributed by atoms with E-state index in [1.165, 1.54) is 0 Å². The predicted molar refractivity (Wildman–Crippen MR) is 120 cm³/mol. The summed E-state index contributed by atoms with van der Waals surface area (Å²) in [5, 5.41) is 2.95. The molecule has 0 bridgehead atoms. The van der Waals surface area contributed by atoms with Crippen LogP contribution in [0.3, 0.4) is 0 Å². The number of carbonyl (C=O) groups is 2. The molecule has 0 aromatic heterocycles. The molecule has 0 fully saturated rings. The summed E-state index contributed by atoms with van der Waals surface area (Å²) < 4.78 is 1.16. The molecule has 0 radical (unpaired) electrons. The second-order valence-corrected chi connectivity index (χ2v) is 8.78. The van der Waals surface area contributed by atoms with Crippen LogP contribution in [0.5, 0.6) is 0 Å². The van der Waals surface area contributed by atoms with E-state index in [-0.39, 0.29) is 11.8 Å². The Labute approximate surface area is 181 Å². The molecule has 28 heavy (non-hydrogen) atoms. The summed E-state index contributed by atoms with van der Waals surface area (Å²) in [6.07, 6.45) is 0. The molecule has 3 aromatic carbocycles. The fraction of sp³-hybridized carbons (Fsp3) is 0.0909. The average molecular weight is 500 g/mol. The van der Waals surface area contributed by atoms with Crippen LogP contribution in [0.1, 0.15) is 26.3 Å². The molecular formula is C22H17IN2O2S. The van der Waals surface area contributed by atoms with Crippen LogP contribution in [0, 0.1) is 3.57 Å². The van der Waals surface area contributed by atoms with E-state index < -0.39 is 0 Å². The van der Waals surface area contributed by atoms with Gasteiger partial charge in [-0.3, -0.25) is 9.59 Å². The highest BCUT2D eigenvalue weighted by molar-refractivity contribution is 14.1. The quantitative estimate of drug-likeness (QED) is 0.518. The monoisotopic (exact) mass is 500 g/mol. The lowest BCUT2D eigenvalue weighted by atomic mass is 10.1. The van der Waals surface area contributed by atoms with Crippen LogP contribution < -0.4 is 10.2 Å². The van der Waals surface area contributed by atoms with Gasteiger partial charge in [0.2, 0.25) is 0 Å². The summed E-state index contributed by atoms with van der Waals surface area (Å²) in [7, 11) is 1.75. The number of fused-ring (bicyclic) bond motifs is 2. The first-order chi connectivity index (χ1) is 13.5. The molecule has 1 N–H and O–H groups in total. The molecule has 6 heteroatoms. The van der Waals surface area contributed by atoms with Crippen LogP contribution in [0.25, 0.3) is 0 Å². The third-order valence-electron chi connectivity index (χ3n) is 4.59. The Morgan fingerprint density at radius 3 is 2.57 bits per heavy atom. The lowest BCUT2D eigenvalue weighted by molar-refractivity contribution is 0.0948. The maximum absolute atomic E-state index is 12.8. The van der Waals surface area contributed by atoms with Gasteiger partial charge in [-0.1, -0.05) is 36.0 Å². The molecular weight excluding hydrogens is 483 g/mol. The molecule has 0 unspecified atom stereocenters. The van der Waals surface area contributed by atoms with Crippen LogP contribution in [0.4, 0.5) is 5.69 Å². The van der Waals surface area contributed by atoms with Gasteiger partial charge in [-0.2, -0.15) is 0 Å². The molecule has 0 aliphatic carbocycles. The zero-order valence-corrected chi connectivity index (χ0v) is 18.1. The van der Waals surface area contributed by atoms with Crippen LogP contribution in [-0.4, -0.2) is 18.9 Å². The molecule has 4 nitrogen and oxygen atoms in total. The molecule has 1 heterocycles. The van der Waals surface area contributed by atoms with Gasteiger partial charge in [0.15, 0.2) is 0 Å². The number of carbonyl (C=O) groups excluding carboxylic acids is 2. The molecule has 0 spiro atoms. The number of halogens is 1. The highest BCUT2D eigenvalue weighted by atomic mass is 127. The second-order valence-electron chi connectivity index (χ2n) is 6.45. The van der Waals surface area contributed by atoms with Crippen molar-refractivity contribution in [3.05, 3.63) is 87.0 Å². The lowest BCUT2D eigenvalue weighted by Crippen LogP contribution is -2.27. The van der Waals surface area contributed by atoms with Crippen molar-refractivity contribution in [2.45, 2.75) is 16.3 Å². The van der Waals surface area contributed by atoms with Gasteiger partial charge in [0.25, 0.3) is 11.8 Å². The van der Waals surface area contributed by atoms with Gasteiger partial charge in [-0.05, 0) is 70.6 Å². The first-order valence-corrected chi connectivity index (χ1v) is 10.6. The normalized spacial score (nSPS) is 12.8. The largest absolute Gasteiger partial charge is 0.348 e. The van der Waals surface area contributed by atoms with Gasteiger partial charge in [-0.15, -0.1) is 0 Å². The van der Waals surface area contributed by atoms with Gasteiger partial charge in [0.1, 0.15) is 0 Å². The zero-order valence-electron chi connectivity index (χ0n) is 15.1. The Morgan fingerprint density at radius 1 is 1.04 bits per heavy atom. The molecule has 2 amide bonds. The number of hydrogen-bond donors (Lipinski definition) is 1. The van der Waals surface area contributed by atoms with Gasteiger partial charge in [-0.25, -0.2) is 0 Å². The Morgan fingerprint density at radius 2 is 1.79 bits per heavy atom. The van der Waals surface area contributed by atoms with Crippen molar-refractivity contribution in [1.82, 2.24) is 5.32 Å². The second kappa shape index (κ2) is 7.97. The molecule has 0 saturated heterocycles. The third kappa shape index (κ3) is 3.79. The predicted octanol–water partition coefficient (Wildman–Crippen LogP) is 4.96. The number of hydrogen-bond acceptors (Lipinski definition) is 3. The van der Waals surface area contributed by atoms with Crippen molar-refractivity contribution in [1.29, 1.82) is 0 Å². The number of nitrogens with one attached hydrogen (secondary N) is 1. The minimum atomic E-state index is -0.158. The Kier molecular flexibility index (Phi) is 5.41. The number of benzene rings is 3. The standard InChI is InChI=1S/C22H17IN2O2S/c1-25-18-12-15(21(26)24-13-14-6-9-16(23)10-7-14)8-11-20(18)28-19-5-3-2-4-17(19)22(25)27/h2-12H,13H2,1H3,(H,24,26). The van der Waals surface area contributed by atoms with Crippen molar-refractivity contribution in [2.24, 2.45) is 0 Å². The summed E-state index contributed by atoms with van der Waals surface area (Å²) in [4.78, 5) is 29.0. The molecule has 0 atom stereocenters. The van der Waals surface area contributed by atoms with Gasteiger partial charge < -0.3 is 10.2 Å². The summed E-state index contributed by atoms with van der Waals surface area (Å²) in [5.41, 5.74) is 3.00. The third-order valence-corrected chi connectivity index (χ3v) is 6.45. The van der Waals surface area contributed by atoms with Crippen molar-refractivity contribution in [2.75, 3.05) is 11.9 Å². The maximum Gasteiger partial charge on any atom is 0.259 e. The molecule has 140 valence electrons. The summed E-state index contributed by atoms with van der Waals surface area (Å²) in [6, 6.07) is 21.1. The minimum absolute atomic E-state index is 0.0710. The molecule has 3 aromatic rings. The van der Waals surface area contributed by atoms with E-state index in [1.807, 2.05) is 54.6 Å². The summed E-state index contributed by atoms with van der Waals surface area (Å²) in [6.45, 7) is 0.460. The van der Waals surface area contributed by atoms with Crippen molar-refractivity contribution in [3.63, 3.8) is 0 Å². The van der Waals surface area contributed by atoms with Crippen LogP contribution in [0.2, 0.25) is 0 Å². The maximum atomic E-state index is 12.8. The summed E-state index contributed by atoms with van der Waals surface area (Å²) in [5.74, 6) is -0.229. The van der Waals surface area contributed by atoms with Crippen LogP contribution >= 0.6 is 34.4 Å². The number of nitrogens with zero attached hydrogens (tertiary/aromatic N) is 1. The Hall–Kier alpha value is -2.32. The first kappa shape index (κ1) is 19.0. The van der Waals surface area contributed by atoms with Gasteiger partial charge >= 0.3 is 0 Å². The van der Waals surface area contributed by atoms with E-state index in [1.54, 1.807) is 35.8 Å². The molecule has 1 aliphatic heterocycles. The Balaban J connectivity index is 1.57. The minimum Gasteiger partial charge on any atom is -0.348 e. The van der Waals surface area contributed by atoms with E-state index in [0.717, 1.165) is 24.6 Å². The van der Waals surface area contributed by atoms with Crippen LogP contribution in [0.15, 0.2) is 76.5 Å². The van der Waals surface area contributed by atoms with E-state index in [9.17, 15) is 9.59 Å². The Bertz CT molecular complexity index is 1070. The van der Waals surface area contributed by atoms with Crippen molar-refractivity contribution in [3.8, 4) is 0 Å². The average Bonchev–Trinajstić information content (AvgIpc) is 2.82. The fourth-order valence-corrected chi connectivity index (χ4v) is 4.48. The molecule has 4 rings (SSSR count). The summed E-state index contributed by atoms with van der Waals surface area (Å²) >= 11 is 3.80. The number of rotatable bonds is 3. The smallest absolute Gasteiger partial charge is 0.259 e. The number of amides is 2. The van der Waals surface area contributed by atoms with E-state index in [4.69, 9.17) is 0 Å².